The highest BCUT2D eigenvalue weighted by atomic mass is 35.5. The van der Waals surface area contributed by atoms with E-state index in [1.807, 2.05) is 30.3 Å². The lowest BCUT2D eigenvalue weighted by Crippen LogP contribution is -2.17. The molecule has 1 amide bonds. The molecule has 1 aliphatic rings. The minimum absolute atomic E-state index is 0.494. The number of nitrogens with zero attached hydrogens (tertiary/aromatic N) is 1. The summed E-state index contributed by atoms with van der Waals surface area (Å²) in [5, 5.41) is 7.59. The summed E-state index contributed by atoms with van der Waals surface area (Å²) < 4.78 is 11.0. The molecule has 1 aliphatic carbocycles. The van der Waals surface area contributed by atoms with Crippen LogP contribution in [-0.4, -0.2) is 11.2 Å². The van der Waals surface area contributed by atoms with Crippen molar-refractivity contribution in [2.24, 2.45) is 0 Å². The lowest BCUT2D eigenvalue weighted by molar-refractivity contribution is 0.121. The van der Waals surface area contributed by atoms with E-state index in [9.17, 15) is 4.79 Å². The van der Waals surface area contributed by atoms with Gasteiger partial charge in [0.05, 0.1) is 0 Å². The number of aryl methyl sites for hydroxylation is 1. The molecule has 1 atom stereocenters. The van der Waals surface area contributed by atoms with Gasteiger partial charge >= 0.3 is 6.09 Å². The Kier molecular flexibility index (Phi) is 6.62. The fourth-order valence-electron chi connectivity index (χ4n) is 4.25. The Balaban J connectivity index is 1.52. The Morgan fingerprint density at radius 1 is 1.16 bits per heavy atom. The van der Waals surface area contributed by atoms with Crippen molar-refractivity contribution >= 4 is 23.4 Å². The molecule has 0 bridgehead atoms. The zero-order valence-electron chi connectivity index (χ0n) is 17.9. The third-order valence-electron chi connectivity index (χ3n) is 5.95. The van der Waals surface area contributed by atoms with Crippen molar-refractivity contribution in [1.29, 1.82) is 0 Å². The molecule has 0 saturated heterocycles. The average Bonchev–Trinajstić information content (AvgIpc) is 3.14. The van der Waals surface area contributed by atoms with Gasteiger partial charge in [-0.1, -0.05) is 72.4 Å². The molecule has 1 unspecified atom stereocenters. The number of halogens is 1. The molecule has 0 aliphatic heterocycles. The van der Waals surface area contributed by atoms with Gasteiger partial charge in [0.1, 0.15) is 17.5 Å². The number of amides is 1. The second-order valence-corrected chi connectivity index (χ2v) is 8.52. The van der Waals surface area contributed by atoms with Crippen LogP contribution < -0.4 is 5.32 Å². The fraction of sp³-hybridized carbons (Fsp3) is 0.360. The molecule has 4 rings (SSSR count). The van der Waals surface area contributed by atoms with Gasteiger partial charge in [-0.3, -0.25) is 5.32 Å². The van der Waals surface area contributed by atoms with Crippen molar-refractivity contribution in [3.8, 4) is 11.3 Å². The first-order valence-corrected chi connectivity index (χ1v) is 11.2. The minimum Gasteiger partial charge on any atom is -0.441 e. The van der Waals surface area contributed by atoms with Gasteiger partial charge in [0.25, 0.3) is 0 Å². The number of nitrogens with one attached hydrogen (secondary N) is 1. The SMILES string of the molecule is Cc1onc(-c2cccc(C3CCCCC3)c2)c1NC(=O)OC(C)c1ccccc1Cl. The van der Waals surface area contributed by atoms with Crippen LogP contribution in [0.5, 0.6) is 0 Å². The Morgan fingerprint density at radius 2 is 1.94 bits per heavy atom. The van der Waals surface area contributed by atoms with E-state index < -0.39 is 12.2 Å². The van der Waals surface area contributed by atoms with Crippen LogP contribution in [0.4, 0.5) is 10.5 Å². The predicted octanol–water partition coefficient (Wildman–Crippen LogP) is 7.66. The van der Waals surface area contributed by atoms with E-state index in [-0.39, 0.29) is 0 Å². The molecule has 5 nitrogen and oxygen atoms in total. The maximum absolute atomic E-state index is 12.6. The van der Waals surface area contributed by atoms with Crippen LogP contribution in [0.3, 0.4) is 0 Å². The molecule has 1 heterocycles. The number of hydrogen-bond acceptors (Lipinski definition) is 4. The molecule has 0 radical (unpaired) electrons. The van der Waals surface area contributed by atoms with Crippen LogP contribution in [-0.2, 0) is 4.74 Å². The normalized spacial score (nSPS) is 15.5. The smallest absolute Gasteiger partial charge is 0.412 e. The summed E-state index contributed by atoms with van der Waals surface area (Å²) >= 11 is 6.22. The summed E-state index contributed by atoms with van der Waals surface area (Å²) in [6, 6.07) is 15.7. The van der Waals surface area contributed by atoms with Gasteiger partial charge in [-0.05, 0) is 50.3 Å². The van der Waals surface area contributed by atoms with Crippen molar-refractivity contribution in [3.63, 3.8) is 0 Å². The van der Waals surface area contributed by atoms with Gasteiger partial charge in [0.15, 0.2) is 5.76 Å². The summed E-state index contributed by atoms with van der Waals surface area (Å²) in [6.07, 6.45) is 5.24. The molecule has 1 fully saturated rings. The number of benzene rings is 2. The standard InChI is InChI=1S/C25H27ClN2O3/c1-16(21-13-6-7-14-22(21)26)30-25(29)27-23-17(2)31-28-24(23)20-12-8-11-19(15-20)18-9-4-3-5-10-18/h6-8,11-16,18H,3-5,9-10H2,1-2H3,(H,27,29). The van der Waals surface area contributed by atoms with Gasteiger partial charge in [0.2, 0.25) is 0 Å². The van der Waals surface area contributed by atoms with Crippen LogP contribution in [0.2, 0.25) is 5.02 Å². The third kappa shape index (κ3) is 4.93. The molecule has 3 aromatic rings. The molecule has 6 heteroatoms. The van der Waals surface area contributed by atoms with E-state index in [0.29, 0.717) is 28.1 Å². The lowest BCUT2D eigenvalue weighted by Gasteiger charge is -2.22. The number of rotatable bonds is 5. The maximum Gasteiger partial charge on any atom is 0.412 e. The first kappa shape index (κ1) is 21.4. The molecule has 1 saturated carbocycles. The Bertz CT molecular complexity index is 1060. The van der Waals surface area contributed by atoms with Gasteiger partial charge in [-0.25, -0.2) is 4.79 Å². The van der Waals surface area contributed by atoms with Gasteiger partial charge in [-0.15, -0.1) is 0 Å². The number of ether oxygens (including phenoxy) is 1. The van der Waals surface area contributed by atoms with E-state index in [1.54, 1.807) is 19.9 Å². The summed E-state index contributed by atoms with van der Waals surface area (Å²) in [6.45, 7) is 3.56. The minimum atomic E-state index is -0.580. The Morgan fingerprint density at radius 3 is 2.71 bits per heavy atom. The molecule has 1 N–H and O–H groups in total. The Labute approximate surface area is 187 Å². The number of hydrogen-bond donors (Lipinski definition) is 1. The van der Waals surface area contributed by atoms with E-state index >= 15 is 0 Å². The van der Waals surface area contributed by atoms with E-state index in [2.05, 4.69) is 22.6 Å². The first-order valence-electron chi connectivity index (χ1n) is 10.8. The van der Waals surface area contributed by atoms with Crippen molar-refractivity contribution in [1.82, 2.24) is 5.16 Å². The van der Waals surface area contributed by atoms with Gasteiger partial charge in [-0.2, -0.15) is 0 Å². The largest absolute Gasteiger partial charge is 0.441 e. The van der Waals surface area contributed by atoms with Crippen LogP contribution in [0.1, 0.15) is 67.9 Å². The number of anilines is 1. The summed E-state index contributed by atoms with van der Waals surface area (Å²) in [5.74, 6) is 1.11. The molecule has 0 spiro atoms. The summed E-state index contributed by atoms with van der Waals surface area (Å²) in [5.41, 5.74) is 4.13. The third-order valence-corrected chi connectivity index (χ3v) is 6.30. The number of carbonyl (C=O) groups is 1. The highest BCUT2D eigenvalue weighted by Crippen LogP contribution is 2.36. The maximum atomic E-state index is 12.6. The van der Waals surface area contributed by atoms with Crippen molar-refractivity contribution in [2.75, 3.05) is 5.32 Å². The van der Waals surface area contributed by atoms with Crippen LogP contribution in [0, 0.1) is 6.92 Å². The highest BCUT2D eigenvalue weighted by molar-refractivity contribution is 6.31. The Hall–Kier alpha value is -2.79. The monoisotopic (exact) mass is 438 g/mol. The second-order valence-electron chi connectivity index (χ2n) is 8.12. The molecular weight excluding hydrogens is 412 g/mol. The molecule has 31 heavy (non-hydrogen) atoms. The quantitative estimate of drug-likeness (QED) is 0.444. The van der Waals surface area contributed by atoms with Gasteiger partial charge < -0.3 is 9.26 Å². The first-order chi connectivity index (χ1) is 15.0. The van der Waals surface area contributed by atoms with Crippen LogP contribution >= 0.6 is 11.6 Å². The molecule has 162 valence electrons. The van der Waals surface area contributed by atoms with Crippen LogP contribution in [0.25, 0.3) is 11.3 Å². The van der Waals surface area contributed by atoms with Crippen molar-refractivity contribution < 1.29 is 14.1 Å². The van der Waals surface area contributed by atoms with E-state index in [4.69, 9.17) is 20.9 Å². The molecular formula is C25H27ClN2O3. The van der Waals surface area contributed by atoms with E-state index in [1.165, 1.54) is 37.7 Å². The van der Waals surface area contributed by atoms with E-state index in [0.717, 1.165) is 11.1 Å². The zero-order valence-corrected chi connectivity index (χ0v) is 18.6. The number of aromatic nitrogens is 1. The zero-order chi connectivity index (χ0) is 21.8. The lowest BCUT2D eigenvalue weighted by atomic mass is 9.83. The number of carbonyl (C=O) groups excluding carboxylic acids is 1. The van der Waals surface area contributed by atoms with Crippen LogP contribution in [0.15, 0.2) is 53.1 Å². The molecule has 1 aromatic heterocycles. The van der Waals surface area contributed by atoms with Gasteiger partial charge in [0, 0.05) is 16.1 Å². The second kappa shape index (κ2) is 9.56. The summed E-state index contributed by atoms with van der Waals surface area (Å²) in [7, 11) is 0. The predicted molar refractivity (Wildman–Crippen MR) is 122 cm³/mol. The molecule has 2 aromatic carbocycles. The summed E-state index contributed by atoms with van der Waals surface area (Å²) in [4.78, 5) is 12.6. The van der Waals surface area contributed by atoms with Crippen molar-refractivity contribution in [3.05, 3.63) is 70.4 Å². The average molecular weight is 439 g/mol. The highest BCUT2D eigenvalue weighted by Gasteiger charge is 2.22. The topological polar surface area (TPSA) is 64.4 Å². The van der Waals surface area contributed by atoms with Crippen molar-refractivity contribution in [2.45, 2.75) is 58.0 Å². The fourth-order valence-corrected chi connectivity index (χ4v) is 4.54.